The molecule has 0 aliphatic rings. The normalized spacial score (nSPS) is 12.2. The third-order valence-corrected chi connectivity index (χ3v) is 6.70. The van der Waals surface area contributed by atoms with Gasteiger partial charge in [-0.3, -0.25) is 13.9 Å². The molecule has 0 saturated heterocycles. The van der Waals surface area contributed by atoms with E-state index in [1.165, 1.54) is 11.4 Å². The Kier molecular flexibility index (Phi) is 10.6. The number of ether oxygens (including phenoxy) is 1. The first-order valence-electron chi connectivity index (χ1n) is 11.8. The van der Waals surface area contributed by atoms with E-state index in [9.17, 15) is 18.0 Å². The van der Waals surface area contributed by atoms with Crippen LogP contribution in [-0.2, 0) is 26.2 Å². The van der Waals surface area contributed by atoms with Gasteiger partial charge in [0.2, 0.25) is 21.8 Å². The van der Waals surface area contributed by atoms with Gasteiger partial charge >= 0.3 is 0 Å². The summed E-state index contributed by atoms with van der Waals surface area (Å²) >= 11 is 0. The lowest BCUT2D eigenvalue weighted by molar-refractivity contribution is -0.141. The Balaban J connectivity index is 2.22. The lowest BCUT2D eigenvalue weighted by Gasteiger charge is -2.31. The first-order valence-corrected chi connectivity index (χ1v) is 13.7. The Hall–Kier alpha value is -3.07. The highest BCUT2D eigenvalue weighted by Gasteiger charge is 2.29. The summed E-state index contributed by atoms with van der Waals surface area (Å²) in [7, 11) is -2.12. The first-order chi connectivity index (χ1) is 16.6. The summed E-state index contributed by atoms with van der Waals surface area (Å²) in [6.07, 6.45) is 1.98. The fraction of sp³-hybridized carbons (Fsp3) is 0.462. The molecule has 0 heterocycles. The number of hydrogen-bond acceptors (Lipinski definition) is 5. The molecular weight excluding hydrogens is 466 g/mol. The maximum Gasteiger partial charge on any atom is 0.243 e. The number of hydrogen-bond donors (Lipinski definition) is 1. The van der Waals surface area contributed by atoms with Crippen LogP contribution < -0.4 is 14.4 Å². The Morgan fingerprint density at radius 3 is 2.23 bits per heavy atom. The van der Waals surface area contributed by atoms with E-state index in [4.69, 9.17) is 4.74 Å². The number of amides is 2. The molecule has 0 aliphatic heterocycles. The zero-order valence-corrected chi connectivity index (χ0v) is 22.0. The van der Waals surface area contributed by atoms with E-state index in [1.54, 1.807) is 29.2 Å². The van der Waals surface area contributed by atoms with Crippen molar-refractivity contribution in [3.8, 4) is 5.75 Å². The molecule has 0 spiro atoms. The van der Waals surface area contributed by atoms with Gasteiger partial charge in [0.05, 0.1) is 19.1 Å². The molecule has 192 valence electrons. The van der Waals surface area contributed by atoms with Crippen LogP contribution in [0.25, 0.3) is 0 Å². The van der Waals surface area contributed by atoms with Gasteiger partial charge in [-0.05, 0) is 44.4 Å². The molecule has 0 aromatic heterocycles. The lowest BCUT2D eigenvalue weighted by atomic mass is 10.1. The molecule has 2 rings (SSSR count). The number of benzene rings is 2. The van der Waals surface area contributed by atoms with Crippen molar-refractivity contribution in [2.45, 2.75) is 58.7 Å². The molecule has 1 N–H and O–H groups in total. The molecule has 8 nitrogen and oxygen atoms in total. The maximum atomic E-state index is 13.4. The van der Waals surface area contributed by atoms with E-state index in [0.29, 0.717) is 24.4 Å². The highest BCUT2D eigenvalue weighted by Crippen LogP contribution is 2.29. The van der Waals surface area contributed by atoms with Gasteiger partial charge in [0.15, 0.2) is 0 Å². The van der Waals surface area contributed by atoms with Crippen LogP contribution in [0.4, 0.5) is 5.69 Å². The van der Waals surface area contributed by atoms with Gasteiger partial charge < -0.3 is 15.0 Å². The van der Waals surface area contributed by atoms with Gasteiger partial charge in [0, 0.05) is 25.6 Å². The number of anilines is 1. The van der Waals surface area contributed by atoms with Crippen molar-refractivity contribution in [3.05, 3.63) is 60.2 Å². The number of nitrogens with one attached hydrogen (secondary N) is 1. The quantitative estimate of drug-likeness (QED) is 0.451. The van der Waals surface area contributed by atoms with Crippen LogP contribution in [0.5, 0.6) is 5.75 Å². The summed E-state index contributed by atoms with van der Waals surface area (Å²) < 4.78 is 31.6. The number of rotatable bonds is 13. The van der Waals surface area contributed by atoms with Crippen molar-refractivity contribution in [3.63, 3.8) is 0 Å². The van der Waals surface area contributed by atoms with Crippen LogP contribution >= 0.6 is 0 Å². The predicted molar refractivity (Wildman–Crippen MR) is 139 cm³/mol. The highest BCUT2D eigenvalue weighted by atomic mass is 32.2. The number of sulfonamides is 1. The molecule has 9 heteroatoms. The molecule has 0 bridgehead atoms. The van der Waals surface area contributed by atoms with Crippen LogP contribution in [0.1, 0.15) is 45.6 Å². The maximum absolute atomic E-state index is 13.4. The van der Waals surface area contributed by atoms with Crippen molar-refractivity contribution < 1.29 is 22.7 Å². The first kappa shape index (κ1) is 28.2. The van der Waals surface area contributed by atoms with Gasteiger partial charge in [-0.2, -0.15) is 0 Å². The Labute approximate surface area is 209 Å². The number of carbonyl (C=O) groups is 2. The third kappa shape index (κ3) is 8.28. The number of carbonyl (C=O) groups excluding carboxylic acids is 2. The second-order valence-corrected chi connectivity index (χ2v) is 10.6. The van der Waals surface area contributed by atoms with Crippen LogP contribution in [0.3, 0.4) is 0 Å². The van der Waals surface area contributed by atoms with Crippen LogP contribution in [0.2, 0.25) is 0 Å². The molecule has 0 radical (unpaired) electrons. The Morgan fingerprint density at radius 1 is 1.03 bits per heavy atom. The molecule has 0 saturated carbocycles. The minimum atomic E-state index is -3.60. The largest absolute Gasteiger partial charge is 0.495 e. The molecule has 2 amide bonds. The van der Waals surface area contributed by atoms with E-state index >= 15 is 0 Å². The van der Waals surface area contributed by atoms with Crippen molar-refractivity contribution >= 4 is 27.5 Å². The standard InChI is InChI=1S/C26H37N3O5S/c1-6-22(26(31)27-20(2)3)28(19-21-13-8-7-9-14-21)25(30)17-12-18-29(35(5,32)33)23-15-10-11-16-24(23)34-4/h7-11,13-16,20,22H,6,12,17-19H2,1-5H3,(H,27,31)/t22-/m1/s1. The van der Waals surface area contributed by atoms with Gasteiger partial charge in [0.1, 0.15) is 11.8 Å². The lowest BCUT2D eigenvalue weighted by Crippen LogP contribution is -2.50. The van der Waals surface area contributed by atoms with Crippen molar-refractivity contribution in [1.82, 2.24) is 10.2 Å². The van der Waals surface area contributed by atoms with E-state index < -0.39 is 16.1 Å². The van der Waals surface area contributed by atoms with Crippen molar-refractivity contribution in [2.75, 3.05) is 24.2 Å². The van der Waals surface area contributed by atoms with Crippen LogP contribution in [0, 0.1) is 0 Å². The molecule has 0 fully saturated rings. The average molecular weight is 504 g/mol. The fourth-order valence-electron chi connectivity index (χ4n) is 3.90. The monoisotopic (exact) mass is 503 g/mol. The molecule has 1 atom stereocenters. The molecule has 2 aromatic rings. The summed E-state index contributed by atoms with van der Waals surface area (Å²) in [6.45, 7) is 6.05. The SMILES string of the molecule is CC[C@H](C(=O)NC(C)C)N(Cc1ccccc1)C(=O)CCCN(c1ccccc1OC)S(C)(=O)=O. The topological polar surface area (TPSA) is 96.0 Å². The van der Waals surface area contributed by atoms with E-state index in [1.807, 2.05) is 51.1 Å². The smallest absolute Gasteiger partial charge is 0.243 e. The summed E-state index contributed by atoms with van der Waals surface area (Å²) in [6, 6.07) is 15.7. The van der Waals surface area contributed by atoms with Crippen LogP contribution in [-0.4, -0.2) is 57.1 Å². The summed E-state index contributed by atoms with van der Waals surface area (Å²) in [4.78, 5) is 27.9. The van der Waals surface area contributed by atoms with E-state index in [2.05, 4.69) is 5.32 Å². The number of methoxy groups -OCH3 is 1. The fourth-order valence-corrected chi connectivity index (χ4v) is 4.87. The highest BCUT2D eigenvalue weighted by molar-refractivity contribution is 7.92. The summed E-state index contributed by atoms with van der Waals surface area (Å²) in [5, 5.41) is 2.91. The van der Waals surface area contributed by atoms with Gasteiger partial charge in [-0.1, -0.05) is 49.4 Å². The van der Waals surface area contributed by atoms with E-state index in [-0.39, 0.29) is 37.2 Å². The zero-order valence-electron chi connectivity index (χ0n) is 21.2. The molecular formula is C26H37N3O5S. The second kappa shape index (κ2) is 13.1. The van der Waals surface area contributed by atoms with Crippen LogP contribution in [0.15, 0.2) is 54.6 Å². The second-order valence-electron chi connectivity index (χ2n) is 8.71. The number of nitrogens with zero attached hydrogens (tertiary/aromatic N) is 2. The van der Waals surface area contributed by atoms with Crippen molar-refractivity contribution in [2.24, 2.45) is 0 Å². The number of para-hydroxylation sites is 2. The van der Waals surface area contributed by atoms with Gasteiger partial charge in [-0.15, -0.1) is 0 Å². The zero-order chi connectivity index (χ0) is 26.0. The van der Waals surface area contributed by atoms with E-state index in [0.717, 1.165) is 11.8 Å². The molecule has 2 aromatic carbocycles. The minimum Gasteiger partial charge on any atom is -0.495 e. The molecule has 0 unspecified atom stereocenters. The minimum absolute atomic E-state index is 0.0469. The summed E-state index contributed by atoms with van der Waals surface area (Å²) in [5.74, 6) is 0.0398. The van der Waals surface area contributed by atoms with Gasteiger partial charge in [0.25, 0.3) is 0 Å². The van der Waals surface area contributed by atoms with Gasteiger partial charge in [-0.25, -0.2) is 8.42 Å². The predicted octanol–water partition coefficient (Wildman–Crippen LogP) is 3.57. The van der Waals surface area contributed by atoms with Crippen molar-refractivity contribution in [1.29, 1.82) is 0 Å². The molecule has 35 heavy (non-hydrogen) atoms. The summed E-state index contributed by atoms with van der Waals surface area (Å²) in [5.41, 5.74) is 1.34. The third-order valence-electron chi connectivity index (χ3n) is 5.52. The Bertz CT molecular complexity index is 1070. The Morgan fingerprint density at radius 2 is 1.66 bits per heavy atom. The molecule has 0 aliphatic carbocycles. The average Bonchev–Trinajstić information content (AvgIpc) is 2.81.